The second-order valence-corrected chi connectivity index (χ2v) is 6.94. The monoisotopic (exact) mass is 269 g/mol. The lowest BCUT2D eigenvalue weighted by Gasteiger charge is -2.59. The first-order chi connectivity index (χ1) is 9.64. The molecule has 4 rings (SSSR count). The zero-order chi connectivity index (χ0) is 13.9. The van der Waals surface area contributed by atoms with Gasteiger partial charge in [0.15, 0.2) is 0 Å². The molecule has 1 unspecified atom stereocenters. The molecule has 0 radical (unpaired) electrons. The summed E-state index contributed by atoms with van der Waals surface area (Å²) in [4.78, 5) is 2.53. The summed E-state index contributed by atoms with van der Waals surface area (Å²) in [6.07, 6.45) is 8.19. The summed E-state index contributed by atoms with van der Waals surface area (Å²) < 4.78 is 0. The molecule has 1 N–H and O–H groups in total. The van der Waals surface area contributed by atoms with E-state index in [1.54, 1.807) is 0 Å². The van der Waals surface area contributed by atoms with Crippen molar-refractivity contribution in [3.05, 3.63) is 41.5 Å². The second kappa shape index (κ2) is 4.11. The van der Waals surface area contributed by atoms with Gasteiger partial charge in [-0.2, -0.15) is 0 Å². The first kappa shape index (κ1) is 12.5. The number of hydrogen-bond donors (Lipinski definition) is 1. The molecule has 20 heavy (non-hydrogen) atoms. The van der Waals surface area contributed by atoms with E-state index in [4.69, 9.17) is 0 Å². The molecule has 0 amide bonds. The third-order valence-electron chi connectivity index (χ3n) is 6.19. The van der Waals surface area contributed by atoms with Crippen molar-refractivity contribution in [1.29, 1.82) is 0 Å². The summed E-state index contributed by atoms with van der Waals surface area (Å²) >= 11 is 0. The molecular weight excluding hydrogens is 246 g/mol. The maximum absolute atomic E-state index is 10.5. The SMILES string of the molecule is CC1CC=C[C@@H]2[C@H]3Cc4cccc(O)c4[C@]12CCN3C. The summed E-state index contributed by atoms with van der Waals surface area (Å²) in [5, 5.41) is 10.5. The van der Waals surface area contributed by atoms with Crippen molar-refractivity contribution in [3.63, 3.8) is 0 Å². The van der Waals surface area contributed by atoms with Gasteiger partial charge < -0.3 is 10.0 Å². The Balaban J connectivity index is 2.00. The van der Waals surface area contributed by atoms with E-state index >= 15 is 0 Å². The number of hydrogen-bond acceptors (Lipinski definition) is 2. The summed E-state index contributed by atoms with van der Waals surface area (Å²) in [5.74, 6) is 1.70. The first-order valence-electron chi connectivity index (χ1n) is 7.83. The van der Waals surface area contributed by atoms with Crippen molar-refractivity contribution >= 4 is 0 Å². The predicted octanol–water partition coefficient (Wildman–Crippen LogP) is 3.10. The highest BCUT2D eigenvalue weighted by Gasteiger charge is 2.55. The number of nitrogens with zero attached hydrogens (tertiary/aromatic N) is 1. The van der Waals surface area contributed by atoms with E-state index in [0.717, 1.165) is 19.4 Å². The van der Waals surface area contributed by atoms with Gasteiger partial charge >= 0.3 is 0 Å². The van der Waals surface area contributed by atoms with Gasteiger partial charge in [-0.25, -0.2) is 0 Å². The minimum absolute atomic E-state index is 0.158. The Kier molecular flexibility index (Phi) is 2.56. The zero-order valence-electron chi connectivity index (χ0n) is 12.3. The van der Waals surface area contributed by atoms with Gasteiger partial charge in [0, 0.05) is 22.9 Å². The minimum Gasteiger partial charge on any atom is -0.508 e. The number of fused-ring (bicyclic) bond motifs is 1. The molecule has 2 aliphatic carbocycles. The van der Waals surface area contributed by atoms with Crippen LogP contribution in [-0.4, -0.2) is 29.6 Å². The molecule has 2 heteroatoms. The van der Waals surface area contributed by atoms with E-state index < -0.39 is 0 Å². The normalized spacial score (nSPS) is 39.2. The lowest BCUT2D eigenvalue weighted by Crippen LogP contribution is -2.61. The van der Waals surface area contributed by atoms with Crippen molar-refractivity contribution in [3.8, 4) is 5.75 Å². The lowest BCUT2D eigenvalue weighted by molar-refractivity contribution is 0.0188. The van der Waals surface area contributed by atoms with Crippen LogP contribution in [0.15, 0.2) is 30.4 Å². The molecule has 1 heterocycles. The van der Waals surface area contributed by atoms with Crippen LogP contribution in [0, 0.1) is 11.8 Å². The van der Waals surface area contributed by atoms with Crippen LogP contribution in [0.4, 0.5) is 0 Å². The molecule has 2 nitrogen and oxygen atoms in total. The van der Waals surface area contributed by atoms with Gasteiger partial charge in [-0.05, 0) is 50.4 Å². The van der Waals surface area contributed by atoms with E-state index in [0.29, 0.717) is 23.6 Å². The predicted molar refractivity (Wildman–Crippen MR) is 80.9 cm³/mol. The highest BCUT2D eigenvalue weighted by atomic mass is 16.3. The van der Waals surface area contributed by atoms with Gasteiger partial charge in [0.25, 0.3) is 0 Å². The van der Waals surface area contributed by atoms with Crippen molar-refractivity contribution in [1.82, 2.24) is 4.90 Å². The fraction of sp³-hybridized carbons (Fsp3) is 0.556. The molecule has 3 aliphatic rings. The molecule has 1 saturated heterocycles. The van der Waals surface area contributed by atoms with Gasteiger partial charge in [0.05, 0.1) is 0 Å². The van der Waals surface area contributed by atoms with Gasteiger partial charge in [0.2, 0.25) is 0 Å². The number of likely N-dealkylation sites (tertiary alicyclic amines) is 1. The largest absolute Gasteiger partial charge is 0.508 e. The minimum atomic E-state index is 0.158. The maximum Gasteiger partial charge on any atom is 0.119 e. The third kappa shape index (κ3) is 1.38. The van der Waals surface area contributed by atoms with Crippen LogP contribution in [0.2, 0.25) is 0 Å². The Morgan fingerprint density at radius 1 is 1.35 bits per heavy atom. The molecular formula is C18H23NO. The molecule has 0 aromatic heterocycles. The van der Waals surface area contributed by atoms with Crippen LogP contribution in [0.3, 0.4) is 0 Å². The molecule has 1 aromatic carbocycles. The Bertz CT molecular complexity index is 579. The molecule has 1 aromatic rings. The van der Waals surface area contributed by atoms with Crippen LogP contribution in [-0.2, 0) is 11.8 Å². The Labute approximate surface area is 121 Å². The maximum atomic E-state index is 10.5. The highest BCUT2D eigenvalue weighted by Crippen LogP contribution is 2.57. The molecule has 1 aliphatic heterocycles. The number of benzene rings is 1. The van der Waals surface area contributed by atoms with Crippen LogP contribution < -0.4 is 0 Å². The average Bonchev–Trinajstić information content (AvgIpc) is 2.43. The number of aromatic hydroxyl groups is 1. The molecule has 2 bridgehead atoms. The molecule has 106 valence electrons. The van der Waals surface area contributed by atoms with E-state index in [1.165, 1.54) is 17.5 Å². The first-order valence-corrected chi connectivity index (χ1v) is 7.83. The summed E-state index contributed by atoms with van der Waals surface area (Å²) in [6.45, 7) is 3.52. The van der Waals surface area contributed by atoms with Crippen LogP contribution in [0.5, 0.6) is 5.75 Å². The Morgan fingerprint density at radius 2 is 2.20 bits per heavy atom. The quantitative estimate of drug-likeness (QED) is 0.732. The number of piperidine rings is 1. The van der Waals surface area contributed by atoms with Gasteiger partial charge in [-0.1, -0.05) is 31.2 Å². The van der Waals surface area contributed by atoms with Gasteiger partial charge in [-0.3, -0.25) is 0 Å². The van der Waals surface area contributed by atoms with E-state index in [-0.39, 0.29) is 5.41 Å². The number of phenols is 1. The standard InChI is InChI=1S/C18H23NO/c1-12-5-3-7-14-15-11-13-6-4-8-16(20)17(13)18(12,14)9-10-19(15)2/h3-4,6-8,12,14-15,20H,5,9-11H2,1-2H3/t12?,14-,15-,18-/m1/s1. The smallest absolute Gasteiger partial charge is 0.119 e. The van der Waals surface area contributed by atoms with Crippen LogP contribution in [0.25, 0.3) is 0 Å². The topological polar surface area (TPSA) is 23.5 Å². The summed E-state index contributed by atoms with van der Waals surface area (Å²) in [5.41, 5.74) is 2.80. The Hall–Kier alpha value is -1.28. The van der Waals surface area contributed by atoms with E-state index in [1.807, 2.05) is 12.1 Å². The Morgan fingerprint density at radius 3 is 3.05 bits per heavy atom. The van der Waals surface area contributed by atoms with Crippen molar-refractivity contribution in [2.45, 2.75) is 37.6 Å². The van der Waals surface area contributed by atoms with Crippen molar-refractivity contribution < 1.29 is 5.11 Å². The molecule has 1 fully saturated rings. The van der Waals surface area contributed by atoms with Crippen molar-refractivity contribution in [2.24, 2.45) is 11.8 Å². The second-order valence-electron chi connectivity index (χ2n) is 6.94. The lowest BCUT2D eigenvalue weighted by atomic mass is 9.50. The van der Waals surface area contributed by atoms with Crippen LogP contribution >= 0.6 is 0 Å². The summed E-state index contributed by atoms with van der Waals surface area (Å²) in [7, 11) is 2.26. The fourth-order valence-corrected chi connectivity index (χ4v) is 5.17. The van der Waals surface area contributed by atoms with Gasteiger partial charge in [-0.15, -0.1) is 0 Å². The number of rotatable bonds is 0. The number of likely N-dealkylation sites (N-methyl/N-ethyl adjacent to an activating group) is 1. The molecule has 4 atom stereocenters. The van der Waals surface area contributed by atoms with Crippen LogP contribution in [0.1, 0.15) is 30.9 Å². The average molecular weight is 269 g/mol. The fourth-order valence-electron chi connectivity index (χ4n) is 5.17. The summed E-state index contributed by atoms with van der Waals surface area (Å²) in [6, 6.07) is 6.71. The third-order valence-corrected chi connectivity index (χ3v) is 6.19. The number of allylic oxidation sites excluding steroid dienone is 1. The molecule has 0 spiro atoms. The van der Waals surface area contributed by atoms with Crippen molar-refractivity contribution in [2.75, 3.05) is 13.6 Å². The molecule has 0 saturated carbocycles. The highest BCUT2D eigenvalue weighted by molar-refractivity contribution is 5.51. The van der Waals surface area contributed by atoms with E-state index in [9.17, 15) is 5.11 Å². The van der Waals surface area contributed by atoms with Gasteiger partial charge in [0.1, 0.15) is 5.75 Å². The van der Waals surface area contributed by atoms with E-state index in [2.05, 4.69) is 37.1 Å². The zero-order valence-corrected chi connectivity index (χ0v) is 12.3. The number of phenolic OH excluding ortho intramolecular Hbond substituents is 1.